The van der Waals surface area contributed by atoms with Crippen LogP contribution in [0.1, 0.15) is 12.1 Å². The van der Waals surface area contributed by atoms with Crippen LogP contribution in [0.2, 0.25) is 0 Å². The highest BCUT2D eigenvalue weighted by Crippen LogP contribution is 2.25. The Kier molecular flexibility index (Phi) is 6.11. The molecule has 1 amide bonds. The summed E-state index contributed by atoms with van der Waals surface area (Å²) in [7, 11) is 1.65. The molecule has 0 aliphatic carbocycles. The van der Waals surface area contributed by atoms with Crippen LogP contribution in [0.5, 0.6) is 0 Å². The van der Waals surface area contributed by atoms with Gasteiger partial charge < -0.3 is 10.1 Å². The zero-order valence-corrected chi connectivity index (χ0v) is 14.8. The van der Waals surface area contributed by atoms with Crippen LogP contribution in [-0.2, 0) is 16.0 Å². The van der Waals surface area contributed by atoms with Crippen molar-refractivity contribution in [1.29, 1.82) is 0 Å². The Morgan fingerprint density at radius 1 is 1.08 bits per heavy atom. The molecule has 0 unspecified atom stereocenters. The van der Waals surface area contributed by atoms with Crippen LogP contribution in [0.25, 0.3) is 16.9 Å². The molecule has 2 aromatic carbocycles. The van der Waals surface area contributed by atoms with E-state index in [0.717, 1.165) is 23.4 Å². The molecule has 0 aliphatic rings. The number of nitrogens with one attached hydrogen (secondary N) is 1. The summed E-state index contributed by atoms with van der Waals surface area (Å²) in [6.45, 7) is 1.21. The number of amides is 1. The second-order valence-electron chi connectivity index (χ2n) is 5.87. The molecule has 3 rings (SSSR count). The van der Waals surface area contributed by atoms with E-state index in [1.165, 1.54) is 0 Å². The largest absolute Gasteiger partial charge is 0.385 e. The summed E-state index contributed by atoms with van der Waals surface area (Å²) in [5.74, 6) is -0.0709. The molecule has 1 N–H and O–H groups in total. The summed E-state index contributed by atoms with van der Waals surface area (Å²) in [6, 6.07) is 19.7. The van der Waals surface area contributed by atoms with Crippen LogP contribution >= 0.6 is 0 Å². The van der Waals surface area contributed by atoms with Crippen LogP contribution < -0.4 is 5.32 Å². The highest BCUT2D eigenvalue weighted by molar-refractivity contribution is 5.80. The van der Waals surface area contributed by atoms with Crippen molar-refractivity contribution in [2.45, 2.75) is 12.8 Å². The van der Waals surface area contributed by atoms with Gasteiger partial charge in [-0.1, -0.05) is 53.7 Å². The van der Waals surface area contributed by atoms with Crippen molar-refractivity contribution in [3.05, 3.63) is 66.4 Å². The van der Waals surface area contributed by atoms with E-state index in [9.17, 15) is 4.79 Å². The van der Waals surface area contributed by atoms with Crippen molar-refractivity contribution in [1.82, 2.24) is 20.3 Å². The average Bonchev–Trinajstić information content (AvgIpc) is 3.10. The van der Waals surface area contributed by atoms with E-state index in [-0.39, 0.29) is 12.3 Å². The lowest BCUT2D eigenvalue weighted by molar-refractivity contribution is -0.120. The number of aromatic nitrogens is 3. The highest BCUT2D eigenvalue weighted by Gasteiger charge is 2.18. The van der Waals surface area contributed by atoms with Gasteiger partial charge >= 0.3 is 0 Å². The van der Waals surface area contributed by atoms with Crippen molar-refractivity contribution >= 4 is 5.91 Å². The minimum atomic E-state index is -0.0709. The number of para-hydroxylation sites is 1. The van der Waals surface area contributed by atoms with E-state index in [1.54, 1.807) is 11.8 Å². The fraction of sp³-hybridized carbons (Fsp3) is 0.250. The number of nitrogens with zero attached hydrogens (tertiary/aromatic N) is 3. The molecule has 0 aliphatic heterocycles. The second-order valence-corrected chi connectivity index (χ2v) is 5.87. The lowest BCUT2D eigenvalue weighted by atomic mass is 10.1. The van der Waals surface area contributed by atoms with E-state index in [0.29, 0.717) is 18.8 Å². The van der Waals surface area contributed by atoms with Crippen LogP contribution in [0.15, 0.2) is 60.7 Å². The Morgan fingerprint density at radius 3 is 2.46 bits per heavy atom. The molecule has 0 bridgehead atoms. The van der Waals surface area contributed by atoms with Crippen molar-refractivity contribution in [3.8, 4) is 16.9 Å². The van der Waals surface area contributed by atoms with Gasteiger partial charge in [0.1, 0.15) is 5.69 Å². The lowest BCUT2D eigenvalue weighted by Crippen LogP contribution is -2.27. The maximum atomic E-state index is 12.3. The molecule has 1 heterocycles. The van der Waals surface area contributed by atoms with Gasteiger partial charge in [-0.15, -0.1) is 5.10 Å². The first-order valence-corrected chi connectivity index (χ1v) is 8.60. The third-order valence-electron chi connectivity index (χ3n) is 3.96. The Bertz CT molecular complexity index is 832. The summed E-state index contributed by atoms with van der Waals surface area (Å²) < 4.78 is 6.77. The van der Waals surface area contributed by atoms with E-state index in [1.807, 2.05) is 60.7 Å². The van der Waals surface area contributed by atoms with Crippen LogP contribution in [0, 0.1) is 0 Å². The maximum absolute atomic E-state index is 12.3. The molecule has 26 heavy (non-hydrogen) atoms. The minimum Gasteiger partial charge on any atom is -0.385 e. The minimum absolute atomic E-state index is 0.0709. The first-order valence-electron chi connectivity index (χ1n) is 8.60. The van der Waals surface area contributed by atoms with Crippen molar-refractivity contribution < 1.29 is 9.53 Å². The number of hydrogen-bond donors (Lipinski definition) is 1. The predicted molar refractivity (Wildman–Crippen MR) is 100 cm³/mol. The molecular formula is C20H22N4O2. The quantitative estimate of drug-likeness (QED) is 0.634. The van der Waals surface area contributed by atoms with Gasteiger partial charge in [-0.3, -0.25) is 4.79 Å². The van der Waals surface area contributed by atoms with Crippen LogP contribution in [0.3, 0.4) is 0 Å². The molecular weight excluding hydrogens is 328 g/mol. The average molecular weight is 350 g/mol. The van der Waals surface area contributed by atoms with E-state index in [4.69, 9.17) is 4.74 Å². The molecule has 0 saturated carbocycles. The van der Waals surface area contributed by atoms with Crippen molar-refractivity contribution in [3.63, 3.8) is 0 Å². The smallest absolute Gasteiger partial charge is 0.226 e. The highest BCUT2D eigenvalue weighted by atomic mass is 16.5. The molecule has 0 atom stereocenters. The Hall–Kier alpha value is -2.99. The molecule has 134 valence electrons. The van der Waals surface area contributed by atoms with Gasteiger partial charge in [0.15, 0.2) is 0 Å². The molecule has 0 saturated heterocycles. The number of benzene rings is 2. The molecule has 6 nitrogen and oxygen atoms in total. The van der Waals surface area contributed by atoms with Gasteiger partial charge in [0, 0.05) is 25.8 Å². The molecule has 0 radical (unpaired) electrons. The van der Waals surface area contributed by atoms with Gasteiger partial charge in [-0.05, 0) is 18.6 Å². The monoisotopic (exact) mass is 350 g/mol. The van der Waals surface area contributed by atoms with Gasteiger partial charge in [-0.2, -0.15) is 0 Å². The fourth-order valence-electron chi connectivity index (χ4n) is 2.73. The van der Waals surface area contributed by atoms with Crippen molar-refractivity contribution in [2.75, 3.05) is 20.3 Å². The van der Waals surface area contributed by atoms with Gasteiger partial charge in [-0.25, -0.2) is 4.68 Å². The third kappa shape index (κ3) is 4.34. The number of carbonyl (C=O) groups is 1. The van der Waals surface area contributed by atoms with Crippen LogP contribution in [-0.4, -0.2) is 41.2 Å². The predicted octanol–water partition coefficient (Wildman–Crippen LogP) is 2.63. The topological polar surface area (TPSA) is 69.0 Å². The fourth-order valence-corrected chi connectivity index (χ4v) is 2.73. The SMILES string of the molecule is COCCCNC(=O)Cc1nnn(-c2ccccc2)c1-c1ccccc1. The standard InChI is InChI=1S/C20H22N4O2/c1-26-14-8-13-21-19(25)15-18-20(16-9-4-2-5-10-16)24(23-22-18)17-11-6-3-7-12-17/h2-7,9-12H,8,13-15H2,1H3,(H,21,25). The van der Waals surface area contributed by atoms with E-state index >= 15 is 0 Å². The number of carbonyl (C=O) groups excluding carboxylic acids is 1. The summed E-state index contributed by atoms with van der Waals surface area (Å²) in [5, 5.41) is 11.5. The van der Waals surface area contributed by atoms with Gasteiger partial charge in [0.05, 0.1) is 17.8 Å². The summed E-state index contributed by atoms with van der Waals surface area (Å²) in [6.07, 6.45) is 0.967. The van der Waals surface area contributed by atoms with Crippen molar-refractivity contribution in [2.24, 2.45) is 0 Å². The normalized spacial score (nSPS) is 10.7. The third-order valence-corrected chi connectivity index (χ3v) is 3.96. The number of ether oxygens (including phenoxy) is 1. The number of methoxy groups -OCH3 is 1. The Morgan fingerprint density at radius 2 is 1.77 bits per heavy atom. The molecule has 3 aromatic rings. The second kappa shape index (κ2) is 8.92. The van der Waals surface area contributed by atoms with Gasteiger partial charge in [0.2, 0.25) is 5.91 Å². The summed E-state index contributed by atoms with van der Waals surface area (Å²) in [4.78, 5) is 12.3. The molecule has 1 aromatic heterocycles. The summed E-state index contributed by atoms with van der Waals surface area (Å²) >= 11 is 0. The number of hydrogen-bond acceptors (Lipinski definition) is 4. The zero-order chi connectivity index (χ0) is 18.2. The molecule has 6 heteroatoms. The maximum Gasteiger partial charge on any atom is 0.226 e. The van der Waals surface area contributed by atoms with Gasteiger partial charge in [0.25, 0.3) is 0 Å². The van der Waals surface area contributed by atoms with E-state index in [2.05, 4.69) is 15.6 Å². The Labute approximate surface area is 152 Å². The first kappa shape index (κ1) is 17.8. The zero-order valence-electron chi connectivity index (χ0n) is 14.8. The Balaban J connectivity index is 1.86. The van der Waals surface area contributed by atoms with E-state index < -0.39 is 0 Å². The first-order chi connectivity index (χ1) is 12.8. The summed E-state index contributed by atoms with van der Waals surface area (Å²) in [5.41, 5.74) is 3.38. The molecule has 0 spiro atoms. The lowest BCUT2D eigenvalue weighted by Gasteiger charge is -2.09. The molecule has 0 fully saturated rings. The number of rotatable bonds is 8. The van der Waals surface area contributed by atoms with Crippen LogP contribution in [0.4, 0.5) is 0 Å².